The molecule has 0 N–H and O–H groups in total. The van der Waals surface area contributed by atoms with Crippen molar-refractivity contribution < 1.29 is 13.2 Å². The number of nitrogens with zero attached hydrogens (tertiary/aromatic N) is 2. The van der Waals surface area contributed by atoms with Crippen molar-refractivity contribution >= 4 is 33.3 Å². The van der Waals surface area contributed by atoms with Crippen molar-refractivity contribution in [3.63, 3.8) is 0 Å². The van der Waals surface area contributed by atoms with E-state index in [1.807, 2.05) is 17.5 Å². The molecule has 1 aromatic rings. The summed E-state index contributed by atoms with van der Waals surface area (Å²) in [6, 6.07) is 3.87. The van der Waals surface area contributed by atoms with Crippen LogP contribution in [0.4, 0.5) is 0 Å². The monoisotopic (exact) mass is 300 g/mol. The van der Waals surface area contributed by atoms with Crippen LogP contribution in [0, 0.1) is 0 Å². The minimum Gasteiger partial charge on any atom is -0.337 e. The lowest BCUT2D eigenvalue weighted by Crippen LogP contribution is -2.49. The molecule has 2 heterocycles. The minimum atomic E-state index is -3.14. The lowest BCUT2D eigenvalue weighted by Gasteiger charge is -2.32. The number of carbonyl (C=O) groups is 1. The van der Waals surface area contributed by atoms with Gasteiger partial charge in [-0.3, -0.25) is 4.79 Å². The summed E-state index contributed by atoms with van der Waals surface area (Å²) in [6.07, 6.45) is 4.53. The molecule has 0 aliphatic carbocycles. The summed E-state index contributed by atoms with van der Waals surface area (Å²) in [7, 11) is -3.14. The van der Waals surface area contributed by atoms with E-state index in [2.05, 4.69) is 0 Å². The highest BCUT2D eigenvalue weighted by molar-refractivity contribution is 7.88. The lowest BCUT2D eigenvalue weighted by atomic mass is 10.3. The second kappa shape index (κ2) is 5.85. The first-order valence-corrected chi connectivity index (χ1v) is 8.65. The Balaban J connectivity index is 1.89. The van der Waals surface area contributed by atoms with Crippen LogP contribution in [-0.4, -0.2) is 56.0 Å². The van der Waals surface area contributed by atoms with Crippen LogP contribution in [-0.2, 0) is 14.8 Å². The summed E-state index contributed by atoms with van der Waals surface area (Å²) >= 11 is 1.57. The van der Waals surface area contributed by atoms with Gasteiger partial charge in [-0.25, -0.2) is 8.42 Å². The predicted molar refractivity (Wildman–Crippen MR) is 76.3 cm³/mol. The van der Waals surface area contributed by atoms with Crippen LogP contribution in [0.5, 0.6) is 0 Å². The first-order chi connectivity index (χ1) is 8.97. The molecule has 0 atom stereocenters. The lowest BCUT2D eigenvalue weighted by molar-refractivity contribution is -0.127. The molecular formula is C12H16N2O3S2. The Labute approximate surface area is 117 Å². The summed E-state index contributed by atoms with van der Waals surface area (Å²) in [6.45, 7) is 1.64. The summed E-state index contributed by atoms with van der Waals surface area (Å²) < 4.78 is 24.1. The molecule has 2 rings (SSSR count). The molecule has 1 aliphatic rings. The number of rotatable bonds is 3. The Hall–Kier alpha value is -1.18. The Morgan fingerprint density at radius 1 is 1.32 bits per heavy atom. The summed E-state index contributed by atoms with van der Waals surface area (Å²) in [5.41, 5.74) is 0. The molecule has 5 nitrogen and oxygen atoms in total. The number of sulfonamides is 1. The molecule has 0 aromatic carbocycles. The van der Waals surface area contributed by atoms with Crippen molar-refractivity contribution in [2.45, 2.75) is 0 Å². The standard InChI is InChI=1S/C12H16N2O3S2/c1-19(16,17)14-8-6-13(7-9-14)12(15)5-4-11-3-2-10-18-11/h2-5,10H,6-9H2,1H3/b5-4+. The smallest absolute Gasteiger partial charge is 0.246 e. The fraction of sp³-hybridized carbons (Fsp3) is 0.417. The molecule has 19 heavy (non-hydrogen) atoms. The van der Waals surface area contributed by atoms with E-state index < -0.39 is 10.0 Å². The fourth-order valence-electron chi connectivity index (χ4n) is 1.89. The van der Waals surface area contributed by atoms with Gasteiger partial charge in [0.05, 0.1) is 6.26 Å². The van der Waals surface area contributed by atoms with Crippen molar-refractivity contribution in [3.8, 4) is 0 Å². The van der Waals surface area contributed by atoms with Gasteiger partial charge in [-0.1, -0.05) is 6.07 Å². The average Bonchev–Trinajstić information content (AvgIpc) is 2.88. The maximum atomic E-state index is 11.9. The zero-order chi connectivity index (χ0) is 13.9. The second-order valence-electron chi connectivity index (χ2n) is 4.34. The highest BCUT2D eigenvalue weighted by Crippen LogP contribution is 2.11. The minimum absolute atomic E-state index is 0.0680. The van der Waals surface area contributed by atoms with Crippen LogP contribution in [0.2, 0.25) is 0 Å². The zero-order valence-electron chi connectivity index (χ0n) is 10.7. The molecule has 1 aromatic heterocycles. The highest BCUT2D eigenvalue weighted by atomic mass is 32.2. The molecule has 1 saturated heterocycles. The molecule has 104 valence electrons. The number of thiophene rings is 1. The Kier molecular flexibility index (Phi) is 4.38. The van der Waals surface area contributed by atoms with Crippen LogP contribution in [0.1, 0.15) is 4.88 Å². The number of carbonyl (C=O) groups excluding carboxylic acids is 1. The van der Waals surface area contributed by atoms with Crippen LogP contribution >= 0.6 is 11.3 Å². The largest absolute Gasteiger partial charge is 0.337 e. The van der Waals surface area contributed by atoms with Crippen LogP contribution in [0.25, 0.3) is 6.08 Å². The molecule has 0 radical (unpaired) electrons. The van der Waals surface area contributed by atoms with Gasteiger partial charge in [0.25, 0.3) is 0 Å². The van der Waals surface area contributed by atoms with Crippen molar-refractivity contribution in [2.24, 2.45) is 0 Å². The normalized spacial score (nSPS) is 18.1. The van der Waals surface area contributed by atoms with Gasteiger partial charge in [0.1, 0.15) is 0 Å². The average molecular weight is 300 g/mol. The van der Waals surface area contributed by atoms with E-state index in [9.17, 15) is 13.2 Å². The third kappa shape index (κ3) is 3.89. The van der Waals surface area contributed by atoms with Crippen molar-refractivity contribution in [1.29, 1.82) is 0 Å². The van der Waals surface area contributed by atoms with E-state index in [-0.39, 0.29) is 5.91 Å². The van der Waals surface area contributed by atoms with Gasteiger partial charge in [0.15, 0.2) is 0 Å². The molecule has 0 bridgehead atoms. The van der Waals surface area contributed by atoms with Crippen LogP contribution in [0.15, 0.2) is 23.6 Å². The zero-order valence-corrected chi connectivity index (χ0v) is 12.3. The summed E-state index contributed by atoms with van der Waals surface area (Å²) in [4.78, 5) is 14.6. The molecule has 1 aliphatic heterocycles. The van der Waals surface area contributed by atoms with Gasteiger partial charge in [-0.15, -0.1) is 11.3 Å². The number of hydrogen-bond acceptors (Lipinski definition) is 4. The van der Waals surface area contributed by atoms with Crippen molar-refractivity contribution in [1.82, 2.24) is 9.21 Å². The van der Waals surface area contributed by atoms with E-state index in [0.29, 0.717) is 26.2 Å². The first-order valence-electron chi connectivity index (χ1n) is 5.92. The second-order valence-corrected chi connectivity index (χ2v) is 7.30. The number of hydrogen-bond donors (Lipinski definition) is 0. The third-order valence-electron chi connectivity index (χ3n) is 2.95. The van der Waals surface area contributed by atoms with Crippen molar-refractivity contribution in [2.75, 3.05) is 32.4 Å². The predicted octanol–water partition coefficient (Wildman–Crippen LogP) is 0.865. The van der Waals surface area contributed by atoms with Crippen LogP contribution < -0.4 is 0 Å². The maximum Gasteiger partial charge on any atom is 0.246 e. The summed E-state index contributed by atoms with van der Waals surface area (Å²) in [5, 5.41) is 1.95. The highest BCUT2D eigenvalue weighted by Gasteiger charge is 2.24. The van der Waals surface area contributed by atoms with E-state index in [1.54, 1.807) is 28.4 Å². The molecule has 0 saturated carbocycles. The van der Waals surface area contributed by atoms with Crippen molar-refractivity contribution in [3.05, 3.63) is 28.5 Å². The maximum absolute atomic E-state index is 11.9. The molecular weight excluding hydrogens is 284 g/mol. The Morgan fingerprint density at radius 2 is 2.00 bits per heavy atom. The van der Waals surface area contributed by atoms with E-state index in [4.69, 9.17) is 0 Å². The number of piperazine rings is 1. The molecule has 0 unspecified atom stereocenters. The number of amides is 1. The molecule has 1 fully saturated rings. The topological polar surface area (TPSA) is 57.7 Å². The van der Waals surface area contributed by atoms with Gasteiger partial charge < -0.3 is 4.90 Å². The Morgan fingerprint density at radius 3 is 2.53 bits per heavy atom. The van der Waals surface area contributed by atoms with Crippen LogP contribution in [0.3, 0.4) is 0 Å². The van der Waals surface area contributed by atoms with Gasteiger partial charge in [0.2, 0.25) is 15.9 Å². The Bertz CT molecular complexity index is 556. The third-order valence-corrected chi connectivity index (χ3v) is 5.09. The van der Waals surface area contributed by atoms with Gasteiger partial charge >= 0.3 is 0 Å². The molecule has 1 amide bonds. The SMILES string of the molecule is CS(=O)(=O)N1CCN(C(=O)/C=C/c2cccs2)CC1. The first kappa shape index (κ1) is 14.2. The molecule has 7 heteroatoms. The quantitative estimate of drug-likeness (QED) is 0.778. The van der Waals surface area contributed by atoms with E-state index in [1.165, 1.54) is 10.6 Å². The van der Waals surface area contributed by atoms with E-state index in [0.717, 1.165) is 4.88 Å². The van der Waals surface area contributed by atoms with Gasteiger partial charge in [-0.2, -0.15) is 4.31 Å². The van der Waals surface area contributed by atoms with Gasteiger partial charge in [-0.05, 0) is 17.5 Å². The van der Waals surface area contributed by atoms with Gasteiger partial charge in [0, 0.05) is 37.1 Å². The molecule has 0 spiro atoms. The van der Waals surface area contributed by atoms with E-state index >= 15 is 0 Å². The summed E-state index contributed by atoms with van der Waals surface area (Å²) in [5.74, 6) is -0.0680. The fourth-order valence-corrected chi connectivity index (χ4v) is 3.33.